The molecular weight excluding hydrogens is 262 g/mol. The molecule has 1 aliphatic heterocycles. The van der Waals surface area contributed by atoms with Crippen molar-refractivity contribution in [2.45, 2.75) is 58.8 Å². The Balaban J connectivity index is 2.79. The predicted molar refractivity (Wildman–Crippen MR) is 73.6 cm³/mol. The van der Waals surface area contributed by atoms with Gasteiger partial charge in [0.15, 0.2) is 0 Å². The van der Waals surface area contributed by atoms with Crippen LogP contribution in [0, 0.1) is 5.92 Å². The lowest BCUT2D eigenvalue weighted by Crippen LogP contribution is -2.54. The molecule has 0 aromatic heterocycles. The van der Waals surface area contributed by atoms with Crippen molar-refractivity contribution >= 4 is 12.1 Å². The SMILES string of the molecule is CC(C[C@@H]1[C@@H](C)OCCN1C(=O)OC(C)(C)C)C(=O)O. The predicted octanol–water partition coefficient (Wildman–Crippen LogP) is 2.12. The average Bonchev–Trinajstić information content (AvgIpc) is 2.29. The van der Waals surface area contributed by atoms with Crippen molar-refractivity contribution in [3.63, 3.8) is 0 Å². The van der Waals surface area contributed by atoms with E-state index in [0.717, 1.165) is 0 Å². The van der Waals surface area contributed by atoms with Gasteiger partial charge in [0, 0.05) is 6.54 Å². The number of aliphatic carboxylic acids is 1. The number of carboxylic acid groups (broad SMARTS) is 1. The molecule has 20 heavy (non-hydrogen) atoms. The summed E-state index contributed by atoms with van der Waals surface area (Å²) in [6, 6.07) is -0.273. The molecule has 0 saturated carbocycles. The fourth-order valence-corrected chi connectivity index (χ4v) is 2.20. The summed E-state index contributed by atoms with van der Waals surface area (Å²) in [6.45, 7) is 9.79. The van der Waals surface area contributed by atoms with E-state index in [9.17, 15) is 9.59 Å². The molecule has 1 saturated heterocycles. The molecule has 3 atom stereocenters. The number of nitrogens with zero attached hydrogens (tertiary/aromatic N) is 1. The van der Waals surface area contributed by atoms with E-state index in [1.54, 1.807) is 11.8 Å². The molecule has 6 nitrogen and oxygen atoms in total. The van der Waals surface area contributed by atoms with E-state index < -0.39 is 23.6 Å². The van der Waals surface area contributed by atoms with Crippen molar-refractivity contribution in [1.29, 1.82) is 0 Å². The highest BCUT2D eigenvalue weighted by molar-refractivity contribution is 5.71. The minimum atomic E-state index is -0.869. The van der Waals surface area contributed by atoms with Gasteiger partial charge in [0.25, 0.3) is 0 Å². The first-order chi connectivity index (χ1) is 9.11. The third-order valence-electron chi connectivity index (χ3n) is 3.30. The van der Waals surface area contributed by atoms with E-state index in [-0.39, 0.29) is 12.1 Å². The first kappa shape index (κ1) is 16.8. The molecule has 1 heterocycles. The van der Waals surface area contributed by atoms with Crippen molar-refractivity contribution in [2.24, 2.45) is 5.92 Å². The van der Waals surface area contributed by atoms with Gasteiger partial charge >= 0.3 is 12.1 Å². The van der Waals surface area contributed by atoms with Crippen molar-refractivity contribution in [1.82, 2.24) is 4.90 Å². The van der Waals surface area contributed by atoms with E-state index in [1.807, 2.05) is 27.7 Å². The average molecular weight is 287 g/mol. The Labute approximate surface area is 120 Å². The molecule has 0 spiro atoms. The van der Waals surface area contributed by atoms with E-state index >= 15 is 0 Å². The largest absolute Gasteiger partial charge is 0.481 e. The van der Waals surface area contributed by atoms with Gasteiger partial charge < -0.3 is 19.5 Å². The topological polar surface area (TPSA) is 76.1 Å². The van der Waals surface area contributed by atoms with Gasteiger partial charge in [0.05, 0.1) is 24.7 Å². The first-order valence-corrected chi connectivity index (χ1v) is 6.96. The van der Waals surface area contributed by atoms with Crippen molar-refractivity contribution in [3.05, 3.63) is 0 Å². The third kappa shape index (κ3) is 4.67. The van der Waals surface area contributed by atoms with Crippen LogP contribution >= 0.6 is 0 Å². The zero-order valence-corrected chi connectivity index (χ0v) is 12.9. The van der Waals surface area contributed by atoms with Gasteiger partial charge in [-0.25, -0.2) is 4.79 Å². The van der Waals surface area contributed by atoms with Crippen LogP contribution in [0.1, 0.15) is 41.0 Å². The summed E-state index contributed by atoms with van der Waals surface area (Å²) in [6.07, 6.45) is -0.247. The molecule has 1 amide bonds. The molecule has 1 N–H and O–H groups in total. The monoisotopic (exact) mass is 287 g/mol. The van der Waals surface area contributed by atoms with E-state index in [4.69, 9.17) is 14.6 Å². The summed E-state index contributed by atoms with van der Waals surface area (Å²) in [5.41, 5.74) is -0.568. The summed E-state index contributed by atoms with van der Waals surface area (Å²) in [5.74, 6) is -1.40. The number of amides is 1. The van der Waals surface area contributed by atoms with Crippen LogP contribution in [0.4, 0.5) is 4.79 Å². The quantitative estimate of drug-likeness (QED) is 0.860. The molecule has 1 rings (SSSR count). The van der Waals surface area contributed by atoms with Gasteiger partial charge in [-0.1, -0.05) is 6.92 Å². The number of carboxylic acids is 1. The summed E-state index contributed by atoms with van der Waals surface area (Å²) >= 11 is 0. The normalized spacial score (nSPS) is 25.1. The number of carbonyl (C=O) groups excluding carboxylic acids is 1. The highest BCUT2D eigenvalue weighted by Gasteiger charge is 2.36. The number of morpholine rings is 1. The standard InChI is InChI=1S/C14H25NO5/c1-9(12(16)17)8-11-10(2)19-7-6-15(11)13(18)20-14(3,4)5/h9-11H,6-8H2,1-5H3,(H,16,17)/t9?,10-,11-/m1/s1. The Bertz CT molecular complexity index is 363. The molecule has 1 fully saturated rings. The Morgan fingerprint density at radius 3 is 2.55 bits per heavy atom. The fourth-order valence-electron chi connectivity index (χ4n) is 2.20. The summed E-state index contributed by atoms with van der Waals surface area (Å²) in [4.78, 5) is 24.8. The zero-order valence-electron chi connectivity index (χ0n) is 12.9. The van der Waals surface area contributed by atoms with Crippen molar-refractivity contribution in [2.75, 3.05) is 13.2 Å². The van der Waals surface area contributed by atoms with E-state index in [2.05, 4.69) is 0 Å². The maximum absolute atomic E-state index is 12.2. The van der Waals surface area contributed by atoms with Gasteiger partial charge in [-0.15, -0.1) is 0 Å². The first-order valence-electron chi connectivity index (χ1n) is 6.96. The maximum Gasteiger partial charge on any atom is 0.410 e. The van der Waals surface area contributed by atoms with Crippen LogP contribution in [0.3, 0.4) is 0 Å². The Morgan fingerprint density at radius 1 is 1.45 bits per heavy atom. The Hall–Kier alpha value is -1.30. The van der Waals surface area contributed by atoms with E-state index in [0.29, 0.717) is 19.6 Å². The molecule has 1 unspecified atom stereocenters. The Kier molecular flexibility index (Phi) is 5.39. The third-order valence-corrected chi connectivity index (χ3v) is 3.30. The number of hydrogen-bond donors (Lipinski definition) is 1. The Morgan fingerprint density at radius 2 is 2.05 bits per heavy atom. The van der Waals surface area contributed by atoms with Crippen LogP contribution in [0.25, 0.3) is 0 Å². The summed E-state index contributed by atoms with van der Waals surface area (Å²) in [7, 11) is 0. The van der Waals surface area contributed by atoms with Crippen LogP contribution in [-0.4, -0.2) is 53.0 Å². The lowest BCUT2D eigenvalue weighted by atomic mass is 9.96. The molecule has 0 aromatic rings. The minimum absolute atomic E-state index is 0.196. The smallest absolute Gasteiger partial charge is 0.410 e. The van der Waals surface area contributed by atoms with E-state index in [1.165, 1.54) is 0 Å². The summed E-state index contributed by atoms with van der Waals surface area (Å²) in [5, 5.41) is 9.03. The minimum Gasteiger partial charge on any atom is -0.481 e. The fraction of sp³-hybridized carbons (Fsp3) is 0.857. The second-order valence-corrected chi connectivity index (χ2v) is 6.29. The zero-order chi connectivity index (χ0) is 15.5. The molecule has 1 aliphatic rings. The molecule has 116 valence electrons. The van der Waals surface area contributed by atoms with Crippen LogP contribution in [0.15, 0.2) is 0 Å². The lowest BCUT2D eigenvalue weighted by Gasteiger charge is -2.41. The molecule has 6 heteroatoms. The van der Waals surface area contributed by atoms with Crippen molar-refractivity contribution < 1.29 is 24.2 Å². The molecule has 0 aliphatic carbocycles. The van der Waals surface area contributed by atoms with Gasteiger partial charge in [-0.05, 0) is 34.1 Å². The number of rotatable bonds is 3. The maximum atomic E-state index is 12.2. The van der Waals surface area contributed by atoms with Crippen LogP contribution in [0.5, 0.6) is 0 Å². The van der Waals surface area contributed by atoms with Crippen LogP contribution < -0.4 is 0 Å². The highest BCUT2D eigenvalue weighted by atomic mass is 16.6. The lowest BCUT2D eigenvalue weighted by molar-refractivity contribution is -0.143. The second-order valence-electron chi connectivity index (χ2n) is 6.29. The van der Waals surface area contributed by atoms with Crippen molar-refractivity contribution in [3.8, 4) is 0 Å². The highest BCUT2D eigenvalue weighted by Crippen LogP contribution is 2.23. The number of hydrogen-bond acceptors (Lipinski definition) is 4. The van der Waals surface area contributed by atoms with Gasteiger partial charge in [0.2, 0.25) is 0 Å². The van der Waals surface area contributed by atoms with Gasteiger partial charge in [0.1, 0.15) is 5.60 Å². The summed E-state index contributed by atoms with van der Waals surface area (Å²) < 4.78 is 10.9. The molecule has 0 bridgehead atoms. The molecular formula is C14H25NO5. The van der Waals surface area contributed by atoms with Gasteiger partial charge in [-0.2, -0.15) is 0 Å². The molecule has 0 radical (unpaired) electrons. The second kappa shape index (κ2) is 6.43. The van der Waals surface area contributed by atoms with Crippen LogP contribution in [0.2, 0.25) is 0 Å². The number of ether oxygens (including phenoxy) is 2. The number of carbonyl (C=O) groups is 2. The molecule has 0 aromatic carbocycles. The van der Waals surface area contributed by atoms with Crippen LogP contribution in [-0.2, 0) is 14.3 Å². The van der Waals surface area contributed by atoms with Gasteiger partial charge in [-0.3, -0.25) is 4.79 Å².